The van der Waals surface area contributed by atoms with E-state index in [1.54, 1.807) is 6.07 Å². The fourth-order valence-corrected chi connectivity index (χ4v) is 2.69. The number of benzene rings is 1. The zero-order chi connectivity index (χ0) is 13.8. The molecule has 0 aromatic heterocycles. The second-order valence-electron chi connectivity index (χ2n) is 4.55. The molecule has 18 heavy (non-hydrogen) atoms. The Labute approximate surface area is 110 Å². The Kier molecular flexibility index (Phi) is 5.53. The maximum Gasteiger partial charge on any atom is 0.416 e. The van der Waals surface area contributed by atoms with Crippen LogP contribution in [0.1, 0.15) is 31.4 Å². The van der Waals surface area contributed by atoms with Gasteiger partial charge in [0.1, 0.15) is 0 Å². The normalized spacial score (nSPS) is 12.2. The molecular weight excluding hydrogens is 259 g/mol. The van der Waals surface area contributed by atoms with Gasteiger partial charge in [-0.25, -0.2) is 0 Å². The first-order valence-electron chi connectivity index (χ1n) is 5.87. The second kappa shape index (κ2) is 6.48. The smallest absolute Gasteiger partial charge is 0.326 e. The molecule has 0 fully saturated rings. The number of halogens is 3. The Morgan fingerprint density at radius 2 is 1.94 bits per heavy atom. The summed E-state index contributed by atoms with van der Waals surface area (Å²) in [6, 6.07) is 4.39. The van der Waals surface area contributed by atoms with E-state index in [4.69, 9.17) is 5.73 Å². The lowest BCUT2D eigenvalue weighted by molar-refractivity contribution is -0.138. The minimum atomic E-state index is -4.33. The molecule has 0 unspecified atom stereocenters. The number of alkyl halides is 3. The second-order valence-corrected chi connectivity index (χ2v) is 5.72. The van der Waals surface area contributed by atoms with E-state index in [2.05, 4.69) is 13.8 Å². The zero-order valence-electron chi connectivity index (χ0n) is 10.6. The number of hydrogen-bond donors (Lipinski definition) is 1. The van der Waals surface area contributed by atoms with E-state index in [1.165, 1.54) is 23.9 Å². The molecule has 0 atom stereocenters. The van der Waals surface area contributed by atoms with Crippen LogP contribution in [0.2, 0.25) is 0 Å². The highest BCUT2D eigenvalue weighted by Gasteiger charge is 2.33. The Hall–Kier alpha value is -0.680. The summed E-state index contributed by atoms with van der Waals surface area (Å²) < 4.78 is 38.4. The third kappa shape index (κ3) is 4.53. The summed E-state index contributed by atoms with van der Waals surface area (Å²) in [7, 11) is 0. The Morgan fingerprint density at radius 1 is 1.28 bits per heavy atom. The van der Waals surface area contributed by atoms with Crippen LogP contribution in [0, 0.1) is 5.92 Å². The van der Waals surface area contributed by atoms with Gasteiger partial charge in [-0.05, 0) is 35.8 Å². The fourth-order valence-electron chi connectivity index (χ4n) is 1.50. The van der Waals surface area contributed by atoms with Crippen LogP contribution in [0.3, 0.4) is 0 Å². The highest BCUT2D eigenvalue weighted by atomic mass is 32.2. The van der Waals surface area contributed by atoms with Gasteiger partial charge < -0.3 is 5.73 Å². The van der Waals surface area contributed by atoms with E-state index in [0.717, 1.165) is 12.2 Å². The van der Waals surface area contributed by atoms with E-state index in [0.29, 0.717) is 10.8 Å². The van der Waals surface area contributed by atoms with E-state index >= 15 is 0 Å². The maximum atomic E-state index is 12.8. The molecule has 0 aliphatic rings. The first kappa shape index (κ1) is 15.4. The van der Waals surface area contributed by atoms with Crippen molar-refractivity contribution in [2.45, 2.75) is 37.9 Å². The zero-order valence-corrected chi connectivity index (χ0v) is 11.4. The van der Waals surface area contributed by atoms with E-state index in [-0.39, 0.29) is 12.1 Å². The van der Waals surface area contributed by atoms with E-state index in [9.17, 15) is 13.2 Å². The summed E-state index contributed by atoms with van der Waals surface area (Å²) in [5, 5.41) is 0. The van der Waals surface area contributed by atoms with Crippen LogP contribution >= 0.6 is 11.8 Å². The van der Waals surface area contributed by atoms with Gasteiger partial charge in [0, 0.05) is 11.4 Å². The average molecular weight is 277 g/mol. The molecule has 1 nitrogen and oxygen atoms in total. The van der Waals surface area contributed by atoms with Crippen molar-refractivity contribution in [3.8, 4) is 0 Å². The molecular formula is C13H18F3NS. The van der Waals surface area contributed by atoms with Gasteiger partial charge in [-0.3, -0.25) is 0 Å². The van der Waals surface area contributed by atoms with Crippen LogP contribution in [0.4, 0.5) is 13.2 Å². The summed E-state index contributed by atoms with van der Waals surface area (Å²) in [6.45, 7) is 4.10. The first-order valence-corrected chi connectivity index (χ1v) is 6.86. The quantitative estimate of drug-likeness (QED) is 0.812. The lowest BCUT2D eigenvalue weighted by Gasteiger charge is -2.13. The van der Waals surface area contributed by atoms with Gasteiger partial charge in [0.2, 0.25) is 0 Å². The van der Waals surface area contributed by atoms with Crippen molar-refractivity contribution in [2.75, 3.05) is 5.75 Å². The molecule has 0 amide bonds. The molecule has 102 valence electrons. The largest absolute Gasteiger partial charge is 0.416 e. The van der Waals surface area contributed by atoms with Crippen molar-refractivity contribution in [3.63, 3.8) is 0 Å². The van der Waals surface area contributed by atoms with Gasteiger partial charge in [-0.15, -0.1) is 11.8 Å². The topological polar surface area (TPSA) is 26.0 Å². The monoisotopic (exact) mass is 277 g/mol. The van der Waals surface area contributed by atoms with Crippen molar-refractivity contribution in [1.29, 1.82) is 0 Å². The van der Waals surface area contributed by atoms with Crippen molar-refractivity contribution >= 4 is 11.8 Å². The molecule has 1 aromatic rings. The average Bonchev–Trinajstić information content (AvgIpc) is 2.27. The molecule has 1 rings (SSSR count). The minimum Gasteiger partial charge on any atom is -0.326 e. The molecule has 0 heterocycles. The van der Waals surface area contributed by atoms with Crippen molar-refractivity contribution < 1.29 is 13.2 Å². The predicted octanol–water partition coefficient (Wildman–Crippen LogP) is 4.30. The maximum absolute atomic E-state index is 12.8. The van der Waals surface area contributed by atoms with E-state index in [1.807, 2.05) is 0 Å². The van der Waals surface area contributed by atoms with Crippen molar-refractivity contribution in [2.24, 2.45) is 11.7 Å². The molecule has 0 aliphatic heterocycles. The molecule has 0 saturated heterocycles. The Balaban J connectivity index is 2.83. The molecule has 2 N–H and O–H groups in total. The summed E-state index contributed by atoms with van der Waals surface area (Å²) >= 11 is 1.46. The summed E-state index contributed by atoms with van der Waals surface area (Å²) in [6.07, 6.45) is -3.34. The van der Waals surface area contributed by atoms with Crippen molar-refractivity contribution in [3.05, 3.63) is 29.3 Å². The van der Waals surface area contributed by atoms with Crippen molar-refractivity contribution in [1.82, 2.24) is 0 Å². The highest BCUT2D eigenvalue weighted by molar-refractivity contribution is 7.99. The van der Waals surface area contributed by atoms with Gasteiger partial charge in [0.05, 0.1) is 5.56 Å². The fraction of sp³-hybridized carbons (Fsp3) is 0.538. The minimum absolute atomic E-state index is 0.0915. The number of hydrogen-bond acceptors (Lipinski definition) is 2. The molecule has 0 bridgehead atoms. The van der Waals surface area contributed by atoms with Crippen LogP contribution in [0.25, 0.3) is 0 Å². The predicted molar refractivity (Wildman–Crippen MR) is 69.5 cm³/mol. The van der Waals surface area contributed by atoms with Crippen LogP contribution in [0.15, 0.2) is 23.1 Å². The van der Waals surface area contributed by atoms with Gasteiger partial charge >= 0.3 is 6.18 Å². The molecule has 0 spiro atoms. The highest BCUT2D eigenvalue weighted by Crippen LogP contribution is 2.34. The Bertz CT molecular complexity index is 388. The number of nitrogens with two attached hydrogens (primary N) is 1. The molecule has 0 radical (unpaired) electrons. The lowest BCUT2D eigenvalue weighted by Crippen LogP contribution is -2.12. The van der Waals surface area contributed by atoms with Crippen LogP contribution < -0.4 is 5.73 Å². The standard InChI is InChI=1S/C13H18F3NS/c1-9(2)5-6-18-11-4-3-10(8-17)12(7-11)13(14,15)16/h3-4,7,9H,5-6,8,17H2,1-2H3. The molecule has 1 aromatic carbocycles. The van der Waals surface area contributed by atoms with Gasteiger partial charge in [-0.1, -0.05) is 19.9 Å². The van der Waals surface area contributed by atoms with Crippen LogP contribution in [0.5, 0.6) is 0 Å². The summed E-state index contributed by atoms with van der Waals surface area (Å²) in [4.78, 5) is 0.653. The third-order valence-corrected chi connectivity index (χ3v) is 3.60. The molecule has 0 saturated carbocycles. The lowest BCUT2D eigenvalue weighted by atomic mass is 10.1. The van der Waals surface area contributed by atoms with Crippen LogP contribution in [-0.2, 0) is 12.7 Å². The molecule has 0 aliphatic carbocycles. The van der Waals surface area contributed by atoms with Crippen LogP contribution in [-0.4, -0.2) is 5.75 Å². The van der Waals surface area contributed by atoms with Gasteiger partial charge in [0.15, 0.2) is 0 Å². The summed E-state index contributed by atoms with van der Waals surface area (Å²) in [5.41, 5.74) is 4.87. The molecule has 5 heteroatoms. The van der Waals surface area contributed by atoms with Gasteiger partial charge in [0.25, 0.3) is 0 Å². The van der Waals surface area contributed by atoms with Gasteiger partial charge in [-0.2, -0.15) is 13.2 Å². The van der Waals surface area contributed by atoms with E-state index < -0.39 is 11.7 Å². The first-order chi connectivity index (χ1) is 8.34. The third-order valence-electron chi connectivity index (χ3n) is 2.57. The Morgan fingerprint density at radius 3 is 2.44 bits per heavy atom. The SMILES string of the molecule is CC(C)CCSc1ccc(CN)c(C(F)(F)F)c1. The number of rotatable bonds is 5. The number of thioether (sulfide) groups is 1. The summed E-state index contributed by atoms with van der Waals surface area (Å²) in [5.74, 6) is 1.39.